The number of ether oxygens (including phenoxy) is 1. The lowest BCUT2D eigenvalue weighted by atomic mass is 9.65. The van der Waals surface area contributed by atoms with Crippen molar-refractivity contribution in [3.63, 3.8) is 0 Å². The molecule has 0 N–H and O–H groups in total. The molecule has 1 spiro atoms. The van der Waals surface area contributed by atoms with E-state index in [1.165, 1.54) is 27.8 Å². The molecule has 4 heteroatoms. The smallest absolute Gasteiger partial charge is 0.160 e. The van der Waals surface area contributed by atoms with E-state index in [0.29, 0.717) is 5.82 Å². The van der Waals surface area contributed by atoms with E-state index in [2.05, 4.69) is 211 Å². The zero-order valence-corrected chi connectivity index (χ0v) is 36.9. The van der Waals surface area contributed by atoms with Gasteiger partial charge in [-0.3, -0.25) is 4.98 Å². The first-order chi connectivity index (χ1) is 33.7. The molecule has 0 saturated heterocycles. The summed E-state index contributed by atoms with van der Waals surface area (Å²) >= 11 is 0. The second-order valence-corrected chi connectivity index (χ2v) is 17.5. The van der Waals surface area contributed by atoms with Crippen LogP contribution in [0.4, 0.5) is 0 Å². The number of fused-ring (bicyclic) bond motifs is 9. The Bertz CT molecular complexity index is 3650. The van der Waals surface area contributed by atoms with E-state index in [9.17, 15) is 0 Å². The van der Waals surface area contributed by atoms with Crippen molar-refractivity contribution >= 4 is 0 Å². The predicted molar refractivity (Wildman–Crippen MR) is 275 cm³/mol. The summed E-state index contributed by atoms with van der Waals surface area (Å²) in [5.74, 6) is 2.36. The molecule has 68 heavy (non-hydrogen) atoms. The Morgan fingerprint density at radius 3 is 1.31 bits per heavy atom. The highest BCUT2D eigenvalue weighted by molar-refractivity contribution is 5.90. The molecule has 2 aromatic heterocycles. The van der Waals surface area contributed by atoms with Crippen molar-refractivity contribution < 1.29 is 4.74 Å². The highest BCUT2D eigenvalue weighted by atomic mass is 16.5. The van der Waals surface area contributed by atoms with Gasteiger partial charge in [-0.1, -0.05) is 200 Å². The van der Waals surface area contributed by atoms with Gasteiger partial charge in [0.05, 0.1) is 22.5 Å². The molecule has 11 aromatic rings. The average molecular weight is 868 g/mol. The molecular formula is C64H41N3O. The van der Waals surface area contributed by atoms with Crippen LogP contribution in [0.1, 0.15) is 22.3 Å². The molecule has 0 saturated carbocycles. The first-order valence-corrected chi connectivity index (χ1v) is 23.1. The molecule has 2 aliphatic rings. The summed E-state index contributed by atoms with van der Waals surface area (Å²) < 4.78 is 7.18. The van der Waals surface area contributed by atoms with Gasteiger partial charge in [-0.15, -0.1) is 0 Å². The summed E-state index contributed by atoms with van der Waals surface area (Å²) in [7, 11) is 0. The van der Waals surface area contributed by atoms with E-state index in [1.807, 2.05) is 42.6 Å². The van der Waals surface area contributed by atoms with Crippen molar-refractivity contribution in [2.45, 2.75) is 5.41 Å². The largest absolute Gasteiger partial charge is 0.457 e. The molecule has 318 valence electrons. The second kappa shape index (κ2) is 16.2. The third kappa shape index (κ3) is 6.57. The number of rotatable bonds is 7. The van der Waals surface area contributed by atoms with Gasteiger partial charge in [0.1, 0.15) is 11.5 Å². The maximum absolute atomic E-state index is 7.18. The number of aromatic nitrogens is 3. The van der Waals surface area contributed by atoms with Crippen LogP contribution in [0.25, 0.3) is 89.7 Å². The van der Waals surface area contributed by atoms with Crippen LogP contribution in [0.5, 0.6) is 11.5 Å². The van der Waals surface area contributed by atoms with Crippen molar-refractivity contribution in [1.29, 1.82) is 0 Å². The Morgan fingerprint density at radius 2 is 0.721 bits per heavy atom. The van der Waals surface area contributed by atoms with Crippen LogP contribution < -0.4 is 4.74 Å². The van der Waals surface area contributed by atoms with Gasteiger partial charge in [-0.25, -0.2) is 9.97 Å². The van der Waals surface area contributed by atoms with Gasteiger partial charge in [-0.05, 0) is 98.1 Å². The maximum Gasteiger partial charge on any atom is 0.160 e. The lowest BCUT2D eigenvalue weighted by molar-refractivity contribution is 0.437. The third-order valence-electron chi connectivity index (χ3n) is 13.6. The van der Waals surface area contributed by atoms with Gasteiger partial charge in [0, 0.05) is 39.6 Å². The highest BCUT2D eigenvalue weighted by Gasteiger charge is 2.51. The van der Waals surface area contributed by atoms with Crippen molar-refractivity contribution in [2.24, 2.45) is 0 Å². The molecule has 13 rings (SSSR count). The van der Waals surface area contributed by atoms with Crippen LogP contribution in [0, 0.1) is 0 Å². The zero-order chi connectivity index (χ0) is 45.0. The van der Waals surface area contributed by atoms with Gasteiger partial charge in [0.2, 0.25) is 0 Å². The zero-order valence-electron chi connectivity index (χ0n) is 36.9. The molecular weight excluding hydrogens is 827 g/mol. The molecule has 1 aliphatic heterocycles. The van der Waals surface area contributed by atoms with Gasteiger partial charge in [0.15, 0.2) is 5.82 Å². The number of nitrogens with zero attached hydrogens (tertiary/aromatic N) is 3. The van der Waals surface area contributed by atoms with E-state index in [-0.39, 0.29) is 0 Å². The fraction of sp³-hybridized carbons (Fsp3) is 0.0156. The van der Waals surface area contributed by atoms with Crippen LogP contribution in [0.15, 0.2) is 249 Å². The normalized spacial score (nSPS) is 12.6. The Morgan fingerprint density at radius 1 is 0.279 bits per heavy atom. The molecule has 0 bridgehead atoms. The van der Waals surface area contributed by atoms with E-state index >= 15 is 0 Å². The quantitative estimate of drug-likeness (QED) is 0.160. The Kier molecular flexibility index (Phi) is 9.36. The molecule has 9 aromatic carbocycles. The van der Waals surface area contributed by atoms with E-state index < -0.39 is 5.41 Å². The molecule has 0 radical (unpaired) electrons. The van der Waals surface area contributed by atoms with Gasteiger partial charge < -0.3 is 4.74 Å². The van der Waals surface area contributed by atoms with Crippen LogP contribution >= 0.6 is 0 Å². The van der Waals surface area contributed by atoms with E-state index in [1.54, 1.807) is 0 Å². The summed E-state index contributed by atoms with van der Waals surface area (Å²) in [6.45, 7) is 0. The van der Waals surface area contributed by atoms with Crippen LogP contribution in [0.3, 0.4) is 0 Å². The maximum atomic E-state index is 7.18. The fourth-order valence-corrected chi connectivity index (χ4v) is 10.4. The number of hydrogen-bond donors (Lipinski definition) is 0. The van der Waals surface area contributed by atoms with Crippen LogP contribution in [0.2, 0.25) is 0 Å². The molecule has 0 fully saturated rings. The number of benzene rings is 9. The average Bonchev–Trinajstić information content (AvgIpc) is 3.71. The molecule has 1 aliphatic carbocycles. The minimum absolute atomic E-state index is 0.588. The fourth-order valence-electron chi connectivity index (χ4n) is 10.4. The summed E-state index contributed by atoms with van der Waals surface area (Å²) in [6.07, 6.45) is 1.84. The van der Waals surface area contributed by atoms with Gasteiger partial charge in [0.25, 0.3) is 0 Å². The van der Waals surface area contributed by atoms with Crippen molar-refractivity contribution in [3.05, 3.63) is 271 Å². The minimum Gasteiger partial charge on any atom is -0.457 e. The Balaban J connectivity index is 0.932. The first-order valence-electron chi connectivity index (χ1n) is 23.1. The molecule has 0 amide bonds. The summed E-state index contributed by atoms with van der Waals surface area (Å²) in [5, 5.41) is 0. The second-order valence-electron chi connectivity index (χ2n) is 17.5. The third-order valence-corrected chi connectivity index (χ3v) is 13.6. The number of pyridine rings is 1. The Hall–Kier alpha value is -8.99. The molecule has 4 nitrogen and oxygen atoms in total. The van der Waals surface area contributed by atoms with E-state index in [4.69, 9.17) is 14.7 Å². The summed E-state index contributed by atoms with van der Waals surface area (Å²) in [5.41, 5.74) is 20.0. The van der Waals surface area contributed by atoms with Gasteiger partial charge in [-0.2, -0.15) is 0 Å². The lowest BCUT2D eigenvalue weighted by Crippen LogP contribution is -2.32. The molecule has 3 heterocycles. The Labute approximate surface area is 395 Å². The topological polar surface area (TPSA) is 47.9 Å². The van der Waals surface area contributed by atoms with Crippen molar-refractivity contribution in [2.75, 3.05) is 0 Å². The predicted octanol–water partition coefficient (Wildman–Crippen LogP) is 16.0. The van der Waals surface area contributed by atoms with Gasteiger partial charge >= 0.3 is 0 Å². The molecule has 0 atom stereocenters. The van der Waals surface area contributed by atoms with Crippen molar-refractivity contribution in [1.82, 2.24) is 15.0 Å². The lowest BCUT2D eigenvalue weighted by Gasteiger charge is -2.39. The monoisotopic (exact) mass is 867 g/mol. The highest BCUT2D eigenvalue weighted by Crippen LogP contribution is 2.62. The van der Waals surface area contributed by atoms with Crippen LogP contribution in [-0.4, -0.2) is 15.0 Å². The molecule has 0 unspecified atom stereocenters. The number of hydrogen-bond acceptors (Lipinski definition) is 4. The SMILES string of the molecule is c1ccc(-c2ccc(-c3cc(-c4cccc(-c5ccc6c(c5)Oc5cc(-c7cccc(-c8ccccn8)c7)ccc5C65c6ccccc6-c6ccccc65)c4)nc(-c4ccccc4)n3)cc2)cc1. The van der Waals surface area contributed by atoms with E-state index in [0.717, 1.165) is 89.8 Å². The summed E-state index contributed by atoms with van der Waals surface area (Å²) in [4.78, 5) is 15.0. The minimum atomic E-state index is -0.588. The first kappa shape index (κ1) is 39.4. The van der Waals surface area contributed by atoms with Crippen molar-refractivity contribution in [3.8, 4) is 101 Å². The standard InChI is InChI=1S/C64H41N3O/c1-3-15-42(16-4-1)43-28-30-44(31-29-43)59-41-60(67-63(66-59)45-17-5-2-6-18-45)51-22-14-20-47(38-51)49-33-35-57-62(40-49)68-61-39-48(46-19-13-21-50(37-46)58-27-11-12-36-65-58)32-34-56(61)64(57)54-25-9-7-23-52(54)53-24-8-10-26-55(53)64/h1-41H. The van der Waals surface area contributed by atoms with Crippen LogP contribution in [-0.2, 0) is 5.41 Å². The summed E-state index contributed by atoms with van der Waals surface area (Å²) in [6, 6.07) is 86.0.